The first-order valence-electron chi connectivity index (χ1n) is 6.45. The molecule has 6 nitrogen and oxygen atoms in total. The van der Waals surface area contributed by atoms with Crippen LogP contribution < -0.4 is 15.2 Å². The molecule has 0 aliphatic heterocycles. The second-order valence-corrected chi connectivity index (χ2v) is 6.13. The van der Waals surface area contributed by atoms with Crippen molar-refractivity contribution in [2.24, 2.45) is 5.14 Å². The average Bonchev–Trinajstić information content (AvgIpc) is 2.52. The number of para-hydroxylation sites is 1. The number of methoxy groups -OCH3 is 1. The Morgan fingerprint density at radius 1 is 1.14 bits per heavy atom. The van der Waals surface area contributed by atoms with Crippen molar-refractivity contribution in [2.45, 2.75) is 11.4 Å². The molecule has 0 aromatic heterocycles. The van der Waals surface area contributed by atoms with Crippen LogP contribution in [0.1, 0.15) is 15.9 Å². The number of ether oxygens (including phenoxy) is 1. The maximum Gasteiger partial charge on any atom is 0.251 e. The molecule has 7 heteroatoms. The lowest BCUT2D eigenvalue weighted by Crippen LogP contribution is -2.23. The molecule has 0 spiro atoms. The molecule has 0 heterocycles. The van der Waals surface area contributed by atoms with Crippen LogP contribution in [0.4, 0.5) is 0 Å². The van der Waals surface area contributed by atoms with Gasteiger partial charge in [-0.05, 0) is 30.3 Å². The molecule has 0 radical (unpaired) electrons. The van der Waals surface area contributed by atoms with Gasteiger partial charge in [0.25, 0.3) is 5.91 Å². The largest absolute Gasteiger partial charge is 0.496 e. The van der Waals surface area contributed by atoms with E-state index in [1.807, 2.05) is 24.3 Å². The molecule has 22 heavy (non-hydrogen) atoms. The van der Waals surface area contributed by atoms with Crippen LogP contribution in [-0.4, -0.2) is 21.4 Å². The lowest BCUT2D eigenvalue weighted by atomic mass is 10.2. The van der Waals surface area contributed by atoms with Crippen molar-refractivity contribution in [1.29, 1.82) is 0 Å². The van der Waals surface area contributed by atoms with Crippen LogP contribution in [0.25, 0.3) is 0 Å². The van der Waals surface area contributed by atoms with E-state index < -0.39 is 10.0 Å². The van der Waals surface area contributed by atoms with Gasteiger partial charge >= 0.3 is 0 Å². The van der Waals surface area contributed by atoms with Gasteiger partial charge in [0, 0.05) is 17.7 Å². The molecule has 2 aromatic rings. The Morgan fingerprint density at radius 2 is 1.77 bits per heavy atom. The zero-order valence-electron chi connectivity index (χ0n) is 11.9. The molecular weight excluding hydrogens is 304 g/mol. The summed E-state index contributed by atoms with van der Waals surface area (Å²) in [4.78, 5) is 12.0. The molecule has 116 valence electrons. The van der Waals surface area contributed by atoms with E-state index in [9.17, 15) is 13.2 Å². The van der Waals surface area contributed by atoms with Gasteiger partial charge in [-0.25, -0.2) is 13.6 Å². The van der Waals surface area contributed by atoms with E-state index in [0.29, 0.717) is 17.9 Å². The third-order valence-electron chi connectivity index (χ3n) is 3.08. The van der Waals surface area contributed by atoms with Gasteiger partial charge in [-0.2, -0.15) is 0 Å². The second kappa shape index (κ2) is 6.59. The zero-order valence-corrected chi connectivity index (χ0v) is 12.8. The van der Waals surface area contributed by atoms with Crippen molar-refractivity contribution >= 4 is 15.9 Å². The van der Waals surface area contributed by atoms with Gasteiger partial charge < -0.3 is 10.1 Å². The van der Waals surface area contributed by atoms with Crippen LogP contribution in [0.3, 0.4) is 0 Å². The molecule has 1 amide bonds. The summed E-state index contributed by atoms with van der Waals surface area (Å²) in [5, 5.41) is 7.76. The monoisotopic (exact) mass is 320 g/mol. The molecule has 0 unspecified atom stereocenters. The molecule has 0 bridgehead atoms. The van der Waals surface area contributed by atoms with Gasteiger partial charge in [-0.1, -0.05) is 18.2 Å². The number of nitrogens with one attached hydrogen (secondary N) is 1. The van der Waals surface area contributed by atoms with Crippen molar-refractivity contribution in [3.05, 3.63) is 59.7 Å². The Bertz CT molecular complexity index is 770. The molecule has 2 aromatic carbocycles. The molecule has 0 fully saturated rings. The Hall–Kier alpha value is -2.38. The fourth-order valence-electron chi connectivity index (χ4n) is 1.92. The fourth-order valence-corrected chi connectivity index (χ4v) is 2.44. The van der Waals surface area contributed by atoms with Crippen molar-refractivity contribution in [2.75, 3.05) is 7.11 Å². The highest BCUT2D eigenvalue weighted by molar-refractivity contribution is 7.89. The Balaban J connectivity index is 2.06. The van der Waals surface area contributed by atoms with E-state index in [1.165, 1.54) is 24.3 Å². The Morgan fingerprint density at radius 3 is 2.36 bits per heavy atom. The van der Waals surface area contributed by atoms with Crippen molar-refractivity contribution < 1.29 is 17.9 Å². The molecule has 0 saturated heterocycles. The SMILES string of the molecule is COc1ccccc1CNC(=O)c1ccc(S(N)(=O)=O)cc1. The topological polar surface area (TPSA) is 98.5 Å². The summed E-state index contributed by atoms with van der Waals surface area (Å²) in [6, 6.07) is 12.8. The maximum absolute atomic E-state index is 12.0. The first kappa shape index (κ1) is 16.0. The van der Waals surface area contributed by atoms with E-state index in [-0.39, 0.29) is 10.8 Å². The minimum Gasteiger partial charge on any atom is -0.496 e. The van der Waals surface area contributed by atoms with E-state index >= 15 is 0 Å². The predicted molar refractivity (Wildman–Crippen MR) is 82.0 cm³/mol. The quantitative estimate of drug-likeness (QED) is 0.866. The van der Waals surface area contributed by atoms with Crippen molar-refractivity contribution in [3.8, 4) is 5.75 Å². The number of primary sulfonamides is 1. The number of sulfonamides is 1. The van der Waals surface area contributed by atoms with E-state index in [2.05, 4.69) is 5.32 Å². The first-order chi connectivity index (χ1) is 10.4. The lowest BCUT2D eigenvalue weighted by Gasteiger charge is -2.09. The number of carbonyl (C=O) groups excluding carboxylic acids is 1. The van der Waals surface area contributed by atoms with Crippen LogP contribution in [0.5, 0.6) is 5.75 Å². The van der Waals surface area contributed by atoms with Crippen molar-refractivity contribution in [1.82, 2.24) is 5.32 Å². The third kappa shape index (κ3) is 3.84. The zero-order chi connectivity index (χ0) is 16.2. The predicted octanol–water partition coefficient (Wildman–Crippen LogP) is 1.27. The third-order valence-corrected chi connectivity index (χ3v) is 4.01. The average molecular weight is 320 g/mol. The normalized spacial score (nSPS) is 11.0. The Labute approximate surface area is 129 Å². The molecule has 3 N–H and O–H groups in total. The van der Waals surface area contributed by atoms with E-state index in [0.717, 1.165) is 5.56 Å². The van der Waals surface area contributed by atoms with E-state index in [1.54, 1.807) is 7.11 Å². The lowest BCUT2D eigenvalue weighted by molar-refractivity contribution is 0.0950. The van der Waals surface area contributed by atoms with E-state index in [4.69, 9.17) is 9.88 Å². The van der Waals surface area contributed by atoms with Gasteiger partial charge in [-0.15, -0.1) is 0 Å². The highest BCUT2D eigenvalue weighted by Gasteiger charge is 2.10. The van der Waals surface area contributed by atoms with Crippen LogP contribution in [0.2, 0.25) is 0 Å². The van der Waals surface area contributed by atoms with Crippen LogP contribution in [0, 0.1) is 0 Å². The number of carbonyl (C=O) groups is 1. The highest BCUT2D eigenvalue weighted by atomic mass is 32.2. The minimum absolute atomic E-state index is 0.0335. The highest BCUT2D eigenvalue weighted by Crippen LogP contribution is 2.17. The van der Waals surface area contributed by atoms with Gasteiger partial charge in [0.05, 0.1) is 12.0 Å². The summed E-state index contributed by atoms with van der Waals surface area (Å²) in [7, 11) is -2.20. The summed E-state index contributed by atoms with van der Waals surface area (Å²) < 4.78 is 27.5. The summed E-state index contributed by atoms with van der Waals surface area (Å²) in [5.74, 6) is 0.374. The summed E-state index contributed by atoms with van der Waals surface area (Å²) >= 11 is 0. The summed E-state index contributed by atoms with van der Waals surface area (Å²) in [6.45, 7) is 0.305. The number of benzene rings is 2. The van der Waals surface area contributed by atoms with Crippen LogP contribution in [-0.2, 0) is 16.6 Å². The number of amides is 1. The molecular formula is C15H16N2O4S. The minimum atomic E-state index is -3.76. The van der Waals surface area contributed by atoms with Crippen molar-refractivity contribution in [3.63, 3.8) is 0 Å². The van der Waals surface area contributed by atoms with Crippen LogP contribution in [0.15, 0.2) is 53.4 Å². The van der Waals surface area contributed by atoms with Crippen LogP contribution >= 0.6 is 0 Å². The van der Waals surface area contributed by atoms with Gasteiger partial charge in [-0.3, -0.25) is 4.79 Å². The molecule has 2 rings (SSSR count). The van der Waals surface area contributed by atoms with Gasteiger partial charge in [0.15, 0.2) is 0 Å². The smallest absolute Gasteiger partial charge is 0.251 e. The second-order valence-electron chi connectivity index (χ2n) is 4.56. The standard InChI is InChI=1S/C15H16N2O4S/c1-21-14-5-3-2-4-12(14)10-17-15(18)11-6-8-13(9-7-11)22(16,19)20/h2-9H,10H2,1H3,(H,17,18)(H2,16,19,20). The number of hydrogen-bond acceptors (Lipinski definition) is 4. The fraction of sp³-hybridized carbons (Fsp3) is 0.133. The molecule has 0 aliphatic rings. The molecule has 0 aliphatic carbocycles. The first-order valence-corrected chi connectivity index (χ1v) is 7.99. The molecule has 0 atom stereocenters. The Kier molecular flexibility index (Phi) is 4.79. The maximum atomic E-state index is 12.0. The number of nitrogens with two attached hydrogens (primary N) is 1. The van der Waals surface area contributed by atoms with Gasteiger partial charge in [0.2, 0.25) is 10.0 Å². The summed E-state index contributed by atoms with van der Waals surface area (Å²) in [6.07, 6.45) is 0. The number of hydrogen-bond donors (Lipinski definition) is 2. The van der Waals surface area contributed by atoms with Gasteiger partial charge in [0.1, 0.15) is 5.75 Å². The summed E-state index contributed by atoms with van der Waals surface area (Å²) in [5.41, 5.74) is 1.20. The number of rotatable bonds is 5. The molecule has 0 saturated carbocycles.